The van der Waals surface area contributed by atoms with E-state index in [1.165, 1.54) is 11.3 Å². The lowest BCUT2D eigenvalue weighted by atomic mass is 9.92. The zero-order chi connectivity index (χ0) is 14.9. The Bertz CT molecular complexity index is 520. The van der Waals surface area contributed by atoms with E-state index in [-0.39, 0.29) is 18.7 Å². The molecule has 1 aromatic rings. The fourth-order valence-corrected chi connectivity index (χ4v) is 3.21. The molecule has 1 aliphatic carbocycles. The summed E-state index contributed by atoms with van der Waals surface area (Å²) in [6.07, 6.45) is 2.42. The first-order valence-corrected chi connectivity index (χ1v) is 8.31. The van der Waals surface area contributed by atoms with Crippen molar-refractivity contribution in [3.05, 3.63) is 22.4 Å². The van der Waals surface area contributed by atoms with Crippen LogP contribution in [0.3, 0.4) is 0 Å². The summed E-state index contributed by atoms with van der Waals surface area (Å²) in [4.78, 5) is 25.8. The monoisotopic (exact) mass is 310 g/mol. The van der Waals surface area contributed by atoms with Crippen molar-refractivity contribution in [3.8, 4) is 0 Å². The summed E-state index contributed by atoms with van der Waals surface area (Å²) in [5.74, 6) is -0.0356. The van der Waals surface area contributed by atoms with Gasteiger partial charge in [-0.25, -0.2) is 4.39 Å². The second-order valence-corrected chi connectivity index (χ2v) is 6.70. The molecule has 2 aliphatic rings. The number of thiophene rings is 1. The minimum absolute atomic E-state index is 0.0725. The Hall–Kier alpha value is -1.43. The predicted molar refractivity (Wildman–Crippen MR) is 79.0 cm³/mol. The lowest BCUT2D eigenvalue weighted by Gasteiger charge is -2.35. The maximum absolute atomic E-state index is 14.7. The summed E-state index contributed by atoms with van der Waals surface area (Å²) in [5, 5.41) is 6.35. The maximum Gasteiger partial charge on any atom is 0.257 e. The molecule has 2 amide bonds. The van der Waals surface area contributed by atoms with Crippen LogP contribution in [0, 0.1) is 5.92 Å². The number of halogens is 1. The van der Waals surface area contributed by atoms with Crippen molar-refractivity contribution in [3.63, 3.8) is 0 Å². The molecule has 6 heteroatoms. The molecule has 0 bridgehead atoms. The number of rotatable bonds is 4. The Morgan fingerprint density at radius 1 is 1.38 bits per heavy atom. The first kappa shape index (κ1) is 14.5. The first-order valence-electron chi connectivity index (χ1n) is 7.37. The predicted octanol–water partition coefficient (Wildman–Crippen LogP) is 2.22. The molecule has 1 aliphatic heterocycles. The molecule has 1 aromatic heterocycles. The summed E-state index contributed by atoms with van der Waals surface area (Å²) in [5.41, 5.74) is -1.18. The van der Waals surface area contributed by atoms with Gasteiger partial charge < -0.3 is 10.2 Å². The van der Waals surface area contributed by atoms with Gasteiger partial charge in [0, 0.05) is 37.9 Å². The Morgan fingerprint density at radius 3 is 2.67 bits per heavy atom. The second-order valence-electron chi connectivity index (χ2n) is 5.92. The lowest BCUT2D eigenvalue weighted by molar-refractivity contribution is -0.135. The average Bonchev–Trinajstić information content (AvgIpc) is 3.16. The van der Waals surface area contributed by atoms with Gasteiger partial charge in [0.05, 0.1) is 5.56 Å². The molecule has 0 atom stereocenters. The standard InChI is InChI=1S/C15H19FN2O2S/c16-15(14(20)17-9-11-1-2-11)4-6-18(7-5-15)13(19)12-3-8-21-10-12/h3,8,10-11H,1-2,4-7,9H2,(H,17,20). The highest BCUT2D eigenvalue weighted by Gasteiger charge is 2.43. The Labute approximate surface area is 127 Å². The Morgan fingerprint density at radius 2 is 2.10 bits per heavy atom. The molecule has 1 saturated heterocycles. The van der Waals surface area contributed by atoms with Crippen molar-refractivity contribution >= 4 is 23.2 Å². The van der Waals surface area contributed by atoms with E-state index in [9.17, 15) is 14.0 Å². The minimum atomic E-state index is -1.82. The highest BCUT2D eigenvalue weighted by molar-refractivity contribution is 7.08. The fraction of sp³-hybridized carbons (Fsp3) is 0.600. The molecular formula is C15H19FN2O2S. The van der Waals surface area contributed by atoms with Gasteiger partial charge in [-0.1, -0.05) is 0 Å². The van der Waals surface area contributed by atoms with Crippen LogP contribution < -0.4 is 5.32 Å². The van der Waals surface area contributed by atoms with Gasteiger partial charge in [0.25, 0.3) is 11.8 Å². The third-order valence-corrected chi connectivity index (χ3v) is 4.95. The number of piperidine rings is 1. The van der Waals surface area contributed by atoms with Crippen LogP contribution in [0.15, 0.2) is 16.8 Å². The van der Waals surface area contributed by atoms with Gasteiger partial charge in [-0.15, -0.1) is 0 Å². The molecule has 4 nitrogen and oxygen atoms in total. The summed E-state index contributed by atoms with van der Waals surface area (Å²) >= 11 is 1.47. The second kappa shape index (κ2) is 5.75. The molecule has 0 radical (unpaired) electrons. The van der Waals surface area contributed by atoms with Crippen LogP contribution in [0.1, 0.15) is 36.0 Å². The molecule has 1 saturated carbocycles. The van der Waals surface area contributed by atoms with Crippen LogP contribution in [-0.2, 0) is 4.79 Å². The molecule has 2 heterocycles. The van der Waals surface area contributed by atoms with E-state index in [0.29, 0.717) is 31.1 Å². The number of carbonyl (C=O) groups is 2. The first-order chi connectivity index (χ1) is 10.1. The molecule has 1 N–H and O–H groups in total. The van der Waals surface area contributed by atoms with Crippen molar-refractivity contribution in [2.75, 3.05) is 19.6 Å². The Kier molecular flexibility index (Phi) is 3.97. The van der Waals surface area contributed by atoms with Crippen molar-refractivity contribution in [1.82, 2.24) is 10.2 Å². The molecule has 21 heavy (non-hydrogen) atoms. The number of likely N-dealkylation sites (tertiary alicyclic amines) is 1. The number of amides is 2. The van der Waals surface area contributed by atoms with Crippen molar-refractivity contribution < 1.29 is 14.0 Å². The van der Waals surface area contributed by atoms with E-state index in [2.05, 4.69) is 5.32 Å². The third kappa shape index (κ3) is 3.26. The van der Waals surface area contributed by atoms with Gasteiger partial charge in [0.2, 0.25) is 0 Å². The van der Waals surface area contributed by atoms with Crippen molar-refractivity contribution in [1.29, 1.82) is 0 Å². The van der Waals surface area contributed by atoms with Gasteiger partial charge >= 0.3 is 0 Å². The number of nitrogens with one attached hydrogen (secondary N) is 1. The summed E-state index contributed by atoms with van der Waals surface area (Å²) in [6, 6.07) is 1.77. The SMILES string of the molecule is O=C(c1ccsc1)N1CCC(F)(C(=O)NCC2CC2)CC1. The summed E-state index contributed by atoms with van der Waals surface area (Å²) < 4.78 is 14.7. The van der Waals surface area contributed by atoms with Gasteiger partial charge in [-0.2, -0.15) is 11.3 Å². The van der Waals surface area contributed by atoms with Gasteiger partial charge in [-0.3, -0.25) is 9.59 Å². The van der Waals surface area contributed by atoms with Crippen LogP contribution in [0.2, 0.25) is 0 Å². The average molecular weight is 310 g/mol. The molecule has 3 rings (SSSR count). The lowest BCUT2D eigenvalue weighted by Crippen LogP contribution is -2.52. The molecule has 2 fully saturated rings. The van der Waals surface area contributed by atoms with Crippen LogP contribution in [0.4, 0.5) is 4.39 Å². The van der Waals surface area contributed by atoms with Crippen molar-refractivity contribution in [2.24, 2.45) is 5.92 Å². The van der Waals surface area contributed by atoms with E-state index in [4.69, 9.17) is 0 Å². The van der Waals surface area contributed by atoms with Crippen LogP contribution >= 0.6 is 11.3 Å². The zero-order valence-electron chi connectivity index (χ0n) is 11.8. The highest BCUT2D eigenvalue weighted by Crippen LogP contribution is 2.30. The van der Waals surface area contributed by atoms with E-state index in [1.807, 2.05) is 5.38 Å². The topological polar surface area (TPSA) is 49.4 Å². The van der Waals surface area contributed by atoms with Crippen LogP contribution in [-0.4, -0.2) is 42.0 Å². The van der Waals surface area contributed by atoms with Gasteiger partial charge in [0.15, 0.2) is 5.67 Å². The number of carbonyl (C=O) groups excluding carboxylic acids is 2. The summed E-state index contributed by atoms with van der Waals surface area (Å²) in [7, 11) is 0. The molecule has 0 unspecified atom stereocenters. The normalized spacial score (nSPS) is 21.1. The van der Waals surface area contributed by atoms with Crippen LogP contribution in [0.5, 0.6) is 0 Å². The van der Waals surface area contributed by atoms with Crippen LogP contribution in [0.25, 0.3) is 0 Å². The molecule has 114 valence electrons. The van der Waals surface area contributed by atoms with Gasteiger partial charge in [-0.05, 0) is 30.2 Å². The van der Waals surface area contributed by atoms with E-state index in [0.717, 1.165) is 12.8 Å². The molecule has 0 aromatic carbocycles. The van der Waals surface area contributed by atoms with E-state index in [1.54, 1.807) is 16.3 Å². The fourth-order valence-electron chi connectivity index (χ4n) is 2.58. The zero-order valence-corrected chi connectivity index (χ0v) is 12.6. The quantitative estimate of drug-likeness (QED) is 0.927. The van der Waals surface area contributed by atoms with E-state index < -0.39 is 11.6 Å². The maximum atomic E-state index is 14.7. The third-order valence-electron chi connectivity index (χ3n) is 4.27. The highest BCUT2D eigenvalue weighted by atomic mass is 32.1. The van der Waals surface area contributed by atoms with Crippen molar-refractivity contribution in [2.45, 2.75) is 31.4 Å². The number of nitrogens with zero attached hydrogens (tertiary/aromatic N) is 1. The smallest absolute Gasteiger partial charge is 0.257 e. The number of alkyl halides is 1. The minimum Gasteiger partial charge on any atom is -0.353 e. The van der Waals surface area contributed by atoms with E-state index >= 15 is 0 Å². The van der Waals surface area contributed by atoms with Gasteiger partial charge in [0.1, 0.15) is 0 Å². The summed E-state index contributed by atoms with van der Waals surface area (Å²) in [6.45, 7) is 1.17. The largest absolute Gasteiger partial charge is 0.353 e. The molecular weight excluding hydrogens is 291 g/mol. The number of hydrogen-bond donors (Lipinski definition) is 1. The number of hydrogen-bond acceptors (Lipinski definition) is 3. The Balaban J connectivity index is 1.53. The molecule has 0 spiro atoms.